The molecule has 5 heteroatoms. The van der Waals surface area contributed by atoms with E-state index in [0.717, 1.165) is 12.3 Å². The summed E-state index contributed by atoms with van der Waals surface area (Å²) in [5.41, 5.74) is 1.96. The molecule has 3 rings (SSSR count). The highest BCUT2D eigenvalue weighted by molar-refractivity contribution is 6.37. The molecule has 0 radical (unpaired) electrons. The first-order valence-corrected chi connectivity index (χ1v) is 13.9. The molecule has 2 aliphatic rings. The summed E-state index contributed by atoms with van der Waals surface area (Å²) in [7, 11) is 0. The highest BCUT2D eigenvalue weighted by atomic mass is 16.2. The van der Waals surface area contributed by atoms with Gasteiger partial charge >= 0.3 is 0 Å². The molecule has 3 heterocycles. The molecule has 0 aliphatic carbocycles. The van der Waals surface area contributed by atoms with E-state index in [9.17, 15) is 9.59 Å². The fourth-order valence-electron chi connectivity index (χ4n) is 5.50. The monoisotopic (exact) mass is 483 g/mol. The van der Waals surface area contributed by atoms with Crippen molar-refractivity contribution in [3.63, 3.8) is 0 Å². The molecule has 1 saturated heterocycles. The number of piperidine rings is 1. The Morgan fingerprint density at radius 2 is 1.46 bits per heavy atom. The first kappa shape index (κ1) is 29.2. The maximum Gasteiger partial charge on any atom is 0.269 e. The van der Waals surface area contributed by atoms with Crippen molar-refractivity contribution in [2.24, 2.45) is 4.99 Å². The number of carbonyl (C=O) groups is 2. The third kappa shape index (κ3) is 12.0. The molecule has 5 nitrogen and oxygen atoms in total. The van der Waals surface area contributed by atoms with E-state index in [2.05, 4.69) is 68.0 Å². The topological polar surface area (TPSA) is 63.5 Å². The van der Waals surface area contributed by atoms with Crippen LogP contribution < -0.4 is 5.32 Å². The molecule has 0 atom stereocenters. The second kappa shape index (κ2) is 14.5. The number of amides is 1. The molecule has 1 fully saturated rings. The summed E-state index contributed by atoms with van der Waals surface area (Å²) >= 11 is 0. The lowest BCUT2D eigenvalue weighted by Crippen LogP contribution is -2.57. The Morgan fingerprint density at radius 3 is 1.97 bits per heavy atom. The fourth-order valence-corrected chi connectivity index (χ4v) is 5.50. The maximum atomic E-state index is 10.2. The van der Waals surface area contributed by atoms with Crippen LogP contribution in [0, 0.1) is 0 Å². The number of aromatic nitrogens is 1. The van der Waals surface area contributed by atoms with Crippen molar-refractivity contribution in [3.8, 4) is 0 Å². The highest BCUT2D eigenvalue weighted by Gasteiger charge is 2.38. The van der Waals surface area contributed by atoms with Gasteiger partial charge in [0.25, 0.3) is 5.91 Å². The van der Waals surface area contributed by atoms with E-state index in [1.807, 2.05) is 0 Å². The predicted molar refractivity (Wildman–Crippen MR) is 147 cm³/mol. The molecule has 1 aromatic rings. The number of aliphatic imine (C=N–C) groups is 1. The molecule has 2 aliphatic heterocycles. The second-order valence-electron chi connectivity index (χ2n) is 11.7. The minimum Gasteiger partial charge on any atom is -0.351 e. The summed E-state index contributed by atoms with van der Waals surface area (Å²) in [6.45, 7) is 11.7. The summed E-state index contributed by atoms with van der Waals surface area (Å²) < 4.78 is 2.50. The van der Waals surface area contributed by atoms with Crippen LogP contribution in [0.25, 0.3) is 0 Å². The first-order valence-electron chi connectivity index (χ1n) is 13.9. The molecule has 0 spiro atoms. The van der Waals surface area contributed by atoms with Crippen LogP contribution >= 0.6 is 0 Å². The summed E-state index contributed by atoms with van der Waals surface area (Å²) in [4.78, 5) is 23.6. The first-order chi connectivity index (χ1) is 16.6. The van der Waals surface area contributed by atoms with Crippen molar-refractivity contribution in [2.75, 3.05) is 0 Å². The second-order valence-corrected chi connectivity index (χ2v) is 11.7. The molecule has 196 valence electrons. The van der Waals surface area contributed by atoms with Crippen molar-refractivity contribution >= 4 is 17.9 Å². The normalized spacial score (nSPS) is 19.0. The molecular weight excluding hydrogens is 434 g/mol. The number of nitrogens with zero attached hydrogens (tertiary/aromatic N) is 2. The lowest BCUT2D eigenvalue weighted by Gasteiger charge is -2.47. The zero-order chi connectivity index (χ0) is 25.7. The average Bonchev–Trinajstić information content (AvgIpc) is 3.25. The van der Waals surface area contributed by atoms with Gasteiger partial charge in [0.15, 0.2) is 5.78 Å². The number of allylic oxidation sites excluding steroid dienone is 1. The molecule has 0 unspecified atom stereocenters. The van der Waals surface area contributed by atoms with E-state index in [4.69, 9.17) is 0 Å². The van der Waals surface area contributed by atoms with E-state index in [1.54, 1.807) is 0 Å². The minimum atomic E-state index is -0.371. The summed E-state index contributed by atoms with van der Waals surface area (Å²) in [6.07, 6.45) is 25.9. The lowest BCUT2D eigenvalue weighted by molar-refractivity contribution is -0.115. The smallest absolute Gasteiger partial charge is 0.269 e. The van der Waals surface area contributed by atoms with Crippen LogP contribution in [0.3, 0.4) is 0 Å². The Balaban J connectivity index is 0.000000456. The van der Waals surface area contributed by atoms with E-state index >= 15 is 0 Å². The lowest BCUT2D eigenvalue weighted by atomic mass is 9.79. The van der Waals surface area contributed by atoms with Gasteiger partial charge in [-0.05, 0) is 71.1 Å². The van der Waals surface area contributed by atoms with Gasteiger partial charge in [-0.25, -0.2) is 4.99 Å². The Labute approximate surface area is 213 Å². The van der Waals surface area contributed by atoms with Crippen LogP contribution in [0.1, 0.15) is 123 Å². The van der Waals surface area contributed by atoms with E-state index < -0.39 is 0 Å². The van der Waals surface area contributed by atoms with Gasteiger partial charge in [-0.3, -0.25) is 9.59 Å². The Morgan fingerprint density at radius 1 is 0.886 bits per heavy atom. The van der Waals surface area contributed by atoms with Crippen LogP contribution in [0.5, 0.6) is 0 Å². The van der Waals surface area contributed by atoms with E-state index in [-0.39, 0.29) is 22.8 Å². The van der Waals surface area contributed by atoms with Gasteiger partial charge in [0.1, 0.15) is 0 Å². The van der Waals surface area contributed by atoms with Gasteiger partial charge in [0.05, 0.1) is 6.21 Å². The van der Waals surface area contributed by atoms with Crippen molar-refractivity contribution in [1.29, 1.82) is 0 Å². The number of ketones is 1. The molecule has 1 aromatic heterocycles. The van der Waals surface area contributed by atoms with Crippen molar-refractivity contribution in [2.45, 2.75) is 135 Å². The van der Waals surface area contributed by atoms with E-state index in [1.165, 1.54) is 95.1 Å². The number of hydrogen-bond donors (Lipinski definition) is 1. The molecular formula is C30H49N3O2. The van der Waals surface area contributed by atoms with Gasteiger partial charge in [-0.1, -0.05) is 64.7 Å². The molecule has 0 aromatic carbocycles. The van der Waals surface area contributed by atoms with Gasteiger partial charge in [0.2, 0.25) is 0 Å². The molecule has 35 heavy (non-hydrogen) atoms. The van der Waals surface area contributed by atoms with E-state index in [0.29, 0.717) is 6.04 Å². The number of dihydropyridines is 1. The number of unbranched alkanes of at least 4 members (excludes halogenated alkanes) is 9. The van der Waals surface area contributed by atoms with Crippen molar-refractivity contribution < 1.29 is 9.59 Å². The number of carbonyl (C=O) groups excluding carboxylic acids is 2. The van der Waals surface area contributed by atoms with Crippen LogP contribution in [-0.2, 0) is 16.0 Å². The summed E-state index contributed by atoms with van der Waals surface area (Å²) in [5.74, 6) is -0.603. The number of hydrogen-bond acceptors (Lipinski definition) is 3. The maximum absolute atomic E-state index is 10.2. The summed E-state index contributed by atoms with van der Waals surface area (Å²) in [5, 5.41) is 3.80. The predicted octanol–water partition coefficient (Wildman–Crippen LogP) is 7.16. The van der Waals surface area contributed by atoms with Gasteiger partial charge in [-0.2, -0.15) is 0 Å². The largest absolute Gasteiger partial charge is 0.351 e. The zero-order valence-electron chi connectivity index (χ0n) is 22.9. The number of rotatable bonds is 12. The van der Waals surface area contributed by atoms with Crippen molar-refractivity contribution in [1.82, 2.24) is 9.88 Å². The zero-order valence-corrected chi connectivity index (χ0v) is 22.9. The third-order valence-electron chi connectivity index (χ3n) is 6.89. The van der Waals surface area contributed by atoms with Crippen LogP contribution in [-0.4, -0.2) is 33.5 Å². The fraction of sp³-hybridized carbons (Fsp3) is 0.700. The third-order valence-corrected chi connectivity index (χ3v) is 6.89. The van der Waals surface area contributed by atoms with Gasteiger partial charge < -0.3 is 9.88 Å². The Bertz CT molecular complexity index is 794. The Kier molecular flexibility index (Phi) is 12.1. The number of aryl methyl sites for hydroxylation is 1. The van der Waals surface area contributed by atoms with Crippen molar-refractivity contribution in [3.05, 3.63) is 36.2 Å². The van der Waals surface area contributed by atoms with Crippen LogP contribution in [0.2, 0.25) is 0 Å². The minimum absolute atomic E-state index is 0.216. The molecule has 1 amide bonds. The molecule has 0 saturated carbocycles. The van der Waals surface area contributed by atoms with Gasteiger partial charge in [0, 0.05) is 35.6 Å². The highest BCUT2D eigenvalue weighted by Crippen LogP contribution is 2.36. The Hall–Kier alpha value is -2.01. The average molecular weight is 484 g/mol. The molecule has 0 bridgehead atoms. The standard InChI is InChI=1S/C25H46N2.C5H3NO2/c1-6-7-8-9-10-11-12-13-14-15-16-22-17-18-27(21-22)23-19-24(2,3)26-25(4,5)20-23;7-4-1-2-5(8)6-3-4/h17-18,21,23,26H,6-16,19-20H2,1-5H3;1-3H. The summed E-state index contributed by atoms with van der Waals surface area (Å²) in [6, 6.07) is 2.98. The quantitative estimate of drug-likeness (QED) is 0.321. The SMILES string of the molecule is CCCCCCCCCCCCc1ccn(C2CC(C)(C)NC(C)(C)C2)c1.O=C1C=CC(=O)N=C1. The van der Waals surface area contributed by atoms with Gasteiger partial charge in [-0.15, -0.1) is 0 Å². The molecule has 1 N–H and O–H groups in total. The van der Waals surface area contributed by atoms with Crippen LogP contribution in [0.15, 0.2) is 35.6 Å². The van der Waals surface area contributed by atoms with Crippen LogP contribution in [0.4, 0.5) is 0 Å². The number of nitrogens with one attached hydrogen (secondary N) is 1.